The van der Waals surface area contributed by atoms with Crippen molar-refractivity contribution in [3.63, 3.8) is 0 Å². The molecular weight excluding hydrogens is 280 g/mol. The van der Waals surface area contributed by atoms with Gasteiger partial charge in [0.1, 0.15) is 6.33 Å². The second kappa shape index (κ2) is 5.69. The Balaban J connectivity index is 1.60. The third-order valence-corrected chi connectivity index (χ3v) is 3.81. The van der Waals surface area contributed by atoms with E-state index < -0.39 is 0 Å². The Morgan fingerprint density at radius 1 is 1.23 bits per heavy atom. The lowest BCUT2D eigenvalue weighted by molar-refractivity contribution is 0.0903. The molecule has 0 unspecified atom stereocenters. The third-order valence-electron chi connectivity index (χ3n) is 3.81. The molecule has 1 saturated heterocycles. The summed E-state index contributed by atoms with van der Waals surface area (Å²) in [6.07, 6.45) is 7.35. The van der Waals surface area contributed by atoms with Gasteiger partial charge in [0.25, 0.3) is 0 Å². The molecule has 1 aliphatic heterocycles. The lowest BCUT2D eigenvalue weighted by atomic mass is 10.1. The fourth-order valence-electron chi connectivity index (χ4n) is 2.59. The number of pyridine rings is 1. The Bertz CT molecular complexity index is 780. The minimum atomic E-state index is 0.378. The molecule has 0 saturated carbocycles. The molecule has 0 radical (unpaired) electrons. The van der Waals surface area contributed by atoms with Gasteiger partial charge in [-0.1, -0.05) is 0 Å². The van der Waals surface area contributed by atoms with Gasteiger partial charge in [0.05, 0.1) is 5.69 Å². The minimum absolute atomic E-state index is 0.378. The maximum atomic E-state index is 5.37. The zero-order chi connectivity index (χ0) is 14.8. The summed E-state index contributed by atoms with van der Waals surface area (Å²) >= 11 is 0. The molecule has 1 aliphatic rings. The molecule has 3 aromatic heterocycles. The summed E-state index contributed by atoms with van der Waals surface area (Å²) in [7, 11) is 0. The van der Waals surface area contributed by atoms with Crippen LogP contribution in [0, 0.1) is 0 Å². The van der Waals surface area contributed by atoms with Crippen molar-refractivity contribution >= 4 is 11.6 Å². The Morgan fingerprint density at radius 3 is 3.05 bits per heavy atom. The molecule has 0 aliphatic carbocycles. The molecule has 4 rings (SSSR count). The van der Waals surface area contributed by atoms with Crippen LogP contribution in [0.5, 0.6) is 0 Å². The number of fused-ring (bicyclic) bond motifs is 1. The maximum absolute atomic E-state index is 5.37. The molecule has 0 aromatic carbocycles. The fraction of sp³-hybridized carbons (Fsp3) is 0.333. The number of aromatic nitrogens is 5. The molecule has 0 atom stereocenters. The first-order valence-electron chi connectivity index (χ1n) is 7.35. The van der Waals surface area contributed by atoms with Crippen LogP contribution in [0.4, 0.5) is 5.95 Å². The smallest absolute Gasteiger partial charge is 0.223 e. The molecular formula is C15H16N6O. The average molecular weight is 296 g/mol. The molecule has 0 amide bonds. The lowest BCUT2D eigenvalue weighted by Gasteiger charge is -2.23. The molecule has 4 heterocycles. The van der Waals surface area contributed by atoms with Crippen molar-refractivity contribution in [2.24, 2.45) is 0 Å². The van der Waals surface area contributed by atoms with Crippen molar-refractivity contribution < 1.29 is 4.74 Å². The molecule has 7 nitrogen and oxygen atoms in total. The van der Waals surface area contributed by atoms with E-state index in [9.17, 15) is 0 Å². The van der Waals surface area contributed by atoms with E-state index in [0.717, 1.165) is 43.0 Å². The molecule has 1 fully saturated rings. The molecule has 1 N–H and O–H groups in total. The standard InChI is InChI=1S/C15H16N6O/c1-5-16-15(18-12-3-7-22-8-4-12)19-13(1)11-2-6-21-10-17-20-14(21)9-11/h1-2,5-6,9-10,12H,3-4,7-8H2,(H,16,18,19). The number of hydrogen-bond acceptors (Lipinski definition) is 6. The van der Waals surface area contributed by atoms with Gasteiger partial charge >= 0.3 is 0 Å². The third kappa shape index (κ3) is 2.62. The van der Waals surface area contributed by atoms with E-state index in [1.165, 1.54) is 0 Å². The fourth-order valence-corrected chi connectivity index (χ4v) is 2.59. The van der Waals surface area contributed by atoms with Crippen LogP contribution in [0.2, 0.25) is 0 Å². The van der Waals surface area contributed by atoms with Crippen LogP contribution in [0.1, 0.15) is 12.8 Å². The highest BCUT2D eigenvalue weighted by Gasteiger charge is 2.14. The van der Waals surface area contributed by atoms with Crippen molar-refractivity contribution in [2.75, 3.05) is 18.5 Å². The predicted octanol–water partition coefficient (Wildman–Crippen LogP) is 1.78. The van der Waals surface area contributed by atoms with Gasteiger partial charge in [-0.05, 0) is 31.0 Å². The van der Waals surface area contributed by atoms with Crippen molar-refractivity contribution in [2.45, 2.75) is 18.9 Å². The van der Waals surface area contributed by atoms with Gasteiger partial charge in [0, 0.05) is 37.2 Å². The van der Waals surface area contributed by atoms with Gasteiger partial charge in [-0.25, -0.2) is 9.97 Å². The van der Waals surface area contributed by atoms with Gasteiger partial charge in [0.15, 0.2) is 5.65 Å². The van der Waals surface area contributed by atoms with Gasteiger partial charge in [-0.3, -0.25) is 4.40 Å². The van der Waals surface area contributed by atoms with Crippen LogP contribution in [-0.2, 0) is 4.74 Å². The monoisotopic (exact) mass is 296 g/mol. The quantitative estimate of drug-likeness (QED) is 0.794. The van der Waals surface area contributed by atoms with Gasteiger partial charge in [0.2, 0.25) is 5.95 Å². The number of ether oxygens (including phenoxy) is 1. The predicted molar refractivity (Wildman–Crippen MR) is 81.5 cm³/mol. The summed E-state index contributed by atoms with van der Waals surface area (Å²) in [5.74, 6) is 0.658. The van der Waals surface area contributed by atoms with Crippen molar-refractivity contribution in [3.05, 3.63) is 36.9 Å². The topological polar surface area (TPSA) is 77.2 Å². The van der Waals surface area contributed by atoms with Crippen molar-refractivity contribution in [1.29, 1.82) is 0 Å². The van der Waals surface area contributed by atoms with Crippen LogP contribution < -0.4 is 5.32 Å². The van der Waals surface area contributed by atoms with E-state index in [1.54, 1.807) is 12.5 Å². The molecule has 0 spiro atoms. The maximum Gasteiger partial charge on any atom is 0.223 e. The second-order valence-electron chi connectivity index (χ2n) is 5.31. The summed E-state index contributed by atoms with van der Waals surface area (Å²) in [5.41, 5.74) is 2.67. The van der Waals surface area contributed by atoms with Gasteiger partial charge in [-0.2, -0.15) is 0 Å². The molecule has 7 heteroatoms. The summed E-state index contributed by atoms with van der Waals surface area (Å²) < 4.78 is 7.23. The molecule has 3 aromatic rings. The molecule has 112 valence electrons. The van der Waals surface area contributed by atoms with Crippen molar-refractivity contribution in [1.82, 2.24) is 24.6 Å². The molecule has 22 heavy (non-hydrogen) atoms. The summed E-state index contributed by atoms with van der Waals surface area (Å²) in [4.78, 5) is 8.92. The Hall–Kier alpha value is -2.54. The van der Waals surface area contributed by atoms with Crippen molar-refractivity contribution in [3.8, 4) is 11.3 Å². The van der Waals surface area contributed by atoms with Crippen LogP contribution >= 0.6 is 0 Å². The summed E-state index contributed by atoms with van der Waals surface area (Å²) in [6, 6.07) is 6.24. The highest BCUT2D eigenvalue weighted by molar-refractivity contribution is 5.64. The van der Waals surface area contributed by atoms with Crippen LogP contribution in [-0.4, -0.2) is 43.8 Å². The number of nitrogens with one attached hydrogen (secondary N) is 1. The Kier molecular flexibility index (Phi) is 3.40. The Labute approximate surface area is 127 Å². The zero-order valence-electron chi connectivity index (χ0n) is 12.0. The minimum Gasteiger partial charge on any atom is -0.381 e. The van der Waals surface area contributed by atoms with Crippen LogP contribution in [0.3, 0.4) is 0 Å². The number of rotatable bonds is 3. The Morgan fingerprint density at radius 2 is 2.14 bits per heavy atom. The first kappa shape index (κ1) is 13.1. The summed E-state index contributed by atoms with van der Waals surface area (Å²) in [6.45, 7) is 1.59. The van der Waals surface area contributed by atoms with E-state index in [1.807, 2.05) is 28.8 Å². The highest BCUT2D eigenvalue weighted by atomic mass is 16.5. The average Bonchev–Trinajstić information content (AvgIpc) is 3.04. The van der Waals surface area contributed by atoms with Gasteiger partial charge < -0.3 is 10.1 Å². The first-order valence-corrected chi connectivity index (χ1v) is 7.35. The first-order chi connectivity index (χ1) is 10.9. The summed E-state index contributed by atoms with van der Waals surface area (Å²) in [5, 5.41) is 11.3. The normalized spacial score (nSPS) is 16.0. The lowest BCUT2D eigenvalue weighted by Crippen LogP contribution is -2.28. The number of nitrogens with zero attached hydrogens (tertiary/aromatic N) is 5. The number of anilines is 1. The van der Waals surface area contributed by atoms with Gasteiger partial charge in [-0.15, -0.1) is 10.2 Å². The highest BCUT2D eigenvalue weighted by Crippen LogP contribution is 2.20. The van der Waals surface area contributed by atoms with E-state index in [-0.39, 0.29) is 0 Å². The van der Waals surface area contributed by atoms with E-state index >= 15 is 0 Å². The van der Waals surface area contributed by atoms with Crippen LogP contribution in [0.25, 0.3) is 16.9 Å². The number of hydrogen-bond donors (Lipinski definition) is 1. The second-order valence-corrected chi connectivity index (χ2v) is 5.31. The van der Waals surface area contributed by atoms with E-state index in [2.05, 4.69) is 25.5 Å². The van der Waals surface area contributed by atoms with Crippen LogP contribution in [0.15, 0.2) is 36.9 Å². The largest absolute Gasteiger partial charge is 0.381 e. The zero-order valence-corrected chi connectivity index (χ0v) is 12.0. The van der Waals surface area contributed by atoms with E-state index in [4.69, 9.17) is 4.74 Å². The SMILES string of the molecule is c1cc(-c2ccn3cnnc3c2)nc(NC2CCOCC2)n1. The molecule has 0 bridgehead atoms. The van der Waals surface area contributed by atoms with E-state index in [0.29, 0.717) is 12.0 Å².